The van der Waals surface area contributed by atoms with Crippen molar-refractivity contribution in [2.75, 3.05) is 19.6 Å². The Morgan fingerprint density at radius 1 is 1.50 bits per heavy atom. The number of hydrogen-bond acceptors (Lipinski definition) is 1. The Hall–Kier alpha value is -0.510. The lowest BCUT2D eigenvalue weighted by Crippen LogP contribution is -2.38. The van der Waals surface area contributed by atoms with Crippen LogP contribution in [0.25, 0.3) is 0 Å². The molecule has 0 aliphatic carbocycles. The monoisotopic (exact) mass is 232 g/mol. The lowest BCUT2D eigenvalue weighted by atomic mass is 10.4. The molecule has 0 saturated carbocycles. The van der Waals surface area contributed by atoms with E-state index in [1.54, 1.807) is 0 Å². The first-order chi connectivity index (χ1) is 5.70. The maximum absolute atomic E-state index is 11.3. The highest BCUT2D eigenvalue weighted by atomic mass is 79.9. The number of amides is 2. The number of likely N-dealkylation sites (tertiary alicyclic amines) is 1. The minimum atomic E-state index is 0.0214. The summed E-state index contributed by atoms with van der Waals surface area (Å²) in [5, 5.41) is 2.76. The number of rotatable bonds is 2. The molecule has 0 unspecified atom stereocenters. The van der Waals surface area contributed by atoms with Crippen LogP contribution in [0.3, 0.4) is 0 Å². The van der Waals surface area contributed by atoms with E-state index < -0.39 is 0 Å². The van der Waals surface area contributed by atoms with Crippen molar-refractivity contribution in [2.45, 2.75) is 12.8 Å². The summed E-state index contributed by atoms with van der Waals surface area (Å²) in [4.78, 5) is 13.1. The van der Waals surface area contributed by atoms with Gasteiger partial charge in [0.2, 0.25) is 0 Å². The fourth-order valence-electron chi connectivity index (χ4n) is 1.20. The molecule has 0 aromatic heterocycles. The van der Waals surface area contributed by atoms with Gasteiger partial charge in [-0.2, -0.15) is 0 Å². The molecule has 0 bridgehead atoms. The lowest BCUT2D eigenvalue weighted by Gasteiger charge is -2.15. The molecule has 1 saturated heterocycles. The molecule has 1 aliphatic heterocycles. The Morgan fingerprint density at radius 3 is 2.58 bits per heavy atom. The predicted octanol–water partition coefficient (Wildman–Crippen LogP) is 1.70. The Kier molecular flexibility index (Phi) is 3.59. The summed E-state index contributed by atoms with van der Waals surface area (Å²) in [5.74, 6) is 0. The highest BCUT2D eigenvalue weighted by Gasteiger charge is 2.16. The number of urea groups is 1. The van der Waals surface area contributed by atoms with Crippen molar-refractivity contribution in [2.24, 2.45) is 0 Å². The first-order valence-electron chi connectivity index (χ1n) is 4.06. The van der Waals surface area contributed by atoms with Crippen LogP contribution in [0.4, 0.5) is 4.79 Å². The van der Waals surface area contributed by atoms with Crippen LogP contribution in [-0.2, 0) is 0 Å². The van der Waals surface area contributed by atoms with E-state index in [1.165, 1.54) is 0 Å². The minimum Gasteiger partial charge on any atom is -0.333 e. The van der Waals surface area contributed by atoms with Crippen molar-refractivity contribution in [3.05, 3.63) is 11.1 Å². The van der Waals surface area contributed by atoms with E-state index in [0.29, 0.717) is 6.54 Å². The van der Waals surface area contributed by atoms with Crippen LogP contribution < -0.4 is 5.32 Å². The van der Waals surface area contributed by atoms with Gasteiger partial charge in [-0.05, 0) is 12.8 Å². The molecule has 3 nitrogen and oxygen atoms in total. The third kappa shape index (κ3) is 2.85. The first kappa shape index (κ1) is 9.58. The lowest BCUT2D eigenvalue weighted by molar-refractivity contribution is 0.210. The van der Waals surface area contributed by atoms with E-state index >= 15 is 0 Å². The Morgan fingerprint density at radius 2 is 2.08 bits per heavy atom. The Bertz CT molecular complexity index is 187. The van der Waals surface area contributed by atoms with Crippen LogP contribution in [0.2, 0.25) is 0 Å². The average Bonchev–Trinajstić information content (AvgIpc) is 2.51. The summed E-state index contributed by atoms with van der Waals surface area (Å²) in [6.07, 6.45) is 2.26. The van der Waals surface area contributed by atoms with Crippen molar-refractivity contribution in [1.82, 2.24) is 10.2 Å². The highest BCUT2D eigenvalue weighted by Crippen LogP contribution is 2.07. The molecule has 0 aromatic rings. The molecule has 12 heavy (non-hydrogen) atoms. The maximum Gasteiger partial charge on any atom is 0.317 e. The quantitative estimate of drug-likeness (QED) is 0.773. The standard InChI is InChI=1S/C8H13BrN2O/c1-7(9)6-10-8(12)11-4-2-3-5-11/h1-6H2,(H,10,12). The summed E-state index contributed by atoms with van der Waals surface area (Å²) >= 11 is 3.18. The van der Waals surface area contributed by atoms with Crippen LogP contribution in [-0.4, -0.2) is 30.6 Å². The topological polar surface area (TPSA) is 32.3 Å². The molecule has 1 N–H and O–H groups in total. The fourth-order valence-corrected chi connectivity index (χ4v) is 1.34. The van der Waals surface area contributed by atoms with Gasteiger partial charge in [0.15, 0.2) is 0 Å². The van der Waals surface area contributed by atoms with Crippen molar-refractivity contribution in [3.8, 4) is 0 Å². The van der Waals surface area contributed by atoms with E-state index in [2.05, 4.69) is 27.8 Å². The molecule has 0 spiro atoms. The normalized spacial score (nSPS) is 16.2. The molecule has 1 rings (SSSR count). The molecule has 1 aliphatic rings. The SMILES string of the molecule is C=C(Br)CNC(=O)N1CCCC1. The van der Waals surface area contributed by atoms with Crippen molar-refractivity contribution >= 4 is 22.0 Å². The minimum absolute atomic E-state index is 0.0214. The second-order valence-corrected chi connectivity index (χ2v) is 3.99. The zero-order chi connectivity index (χ0) is 8.97. The van der Waals surface area contributed by atoms with Gasteiger partial charge in [0.1, 0.15) is 0 Å². The van der Waals surface area contributed by atoms with Crippen LogP contribution in [0.15, 0.2) is 11.1 Å². The smallest absolute Gasteiger partial charge is 0.317 e. The van der Waals surface area contributed by atoms with Gasteiger partial charge in [0.25, 0.3) is 0 Å². The fraction of sp³-hybridized carbons (Fsp3) is 0.625. The zero-order valence-corrected chi connectivity index (χ0v) is 8.56. The summed E-state index contributed by atoms with van der Waals surface area (Å²) in [7, 11) is 0. The van der Waals surface area contributed by atoms with Crippen molar-refractivity contribution in [3.63, 3.8) is 0 Å². The van der Waals surface area contributed by atoms with E-state index in [0.717, 1.165) is 30.4 Å². The van der Waals surface area contributed by atoms with Gasteiger partial charge in [-0.15, -0.1) is 0 Å². The average molecular weight is 233 g/mol. The molecule has 0 atom stereocenters. The molecule has 2 amide bonds. The molecule has 4 heteroatoms. The first-order valence-corrected chi connectivity index (χ1v) is 4.85. The van der Waals surface area contributed by atoms with Crippen LogP contribution in [0.1, 0.15) is 12.8 Å². The summed E-state index contributed by atoms with van der Waals surface area (Å²) < 4.78 is 0.801. The molecular formula is C8H13BrN2O. The Balaban J connectivity index is 2.23. The molecule has 0 aromatic carbocycles. The molecule has 0 radical (unpaired) electrons. The van der Waals surface area contributed by atoms with Crippen molar-refractivity contribution < 1.29 is 4.79 Å². The van der Waals surface area contributed by atoms with E-state index in [1.807, 2.05) is 4.90 Å². The van der Waals surface area contributed by atoms with Gasteiger partial charge in [0, 0.05) is 17.6 Å². The van der Waals surface area contributed by atoms with Gasteiger partial charge < -0.3 is 10.2 Å². The maximum atomic E-state index is 11.3. The second kappa shape index (κ2) is 4.50. The number of nitrogens with zero attached hydrogens (tertiary/aromatic N) is 1. The molecular weight excluding hydrogens is 220 g/mol. The third-order valence-electron chi connectivity index (χ3n) is 1.82. The van der Waals surface area contributed by atoms with E-state index in [-0.39, 0.29) is 6.03 Å². The highest BCUT2D eigenvalue weighted by molar-refractivity contribution is 9.11. The van der Waals surface area contributed by atoms with Gasteiger partial charge in [0.05, 0.1) is 6.54 Å². The van der Waals surface area contributed by atoms with E-state index in [4.69, 9.17) is 0 Å². The number of carbonyl (C=O) groups is 1. The number of nitrogens with one attached hydrogen (secondary N) is 1. The summed E-state index contributed by atoms with van der Waals surface area (Å²) in [5.41, 5.74) is 0. The van der Waals surface area contributed by atoms with Crippen molar-refractivity contribution in [1.29, 1.82) is 0 Å². The van der Waals surface area contributed by atoms with Gasteiger partial charge in [-0.25, -0.2) is 4.79 Å². The van der Waals surface area contributed by atoms with Crippen LogP contribution in [0.5, 0.6) is 0 Å². The number of halogens is 1. The van der Waals surface area contributed by atoms with Crippen LogP contribution in [0, 0.1) is 0 Å². The van der Waals surface area contributed by atoms with Crippen LogP contribution >= 0.6 is 15.9 Å². The largest absolute Gasteiger partial charge is 0.333 e. The number of carbonyl (C=O) groups excluding carboxylic acids is 1. The second-order valence-electron chi connectivity index (χ2n) is 2.87. The van der Waals surface area contributed by atoms with Gasteiger partial charge in [-0.1, -0.05) is 22.5 Å². The summed E-state index contributed by atoms with van der Waals surface area (Å²) in [6.45, 7) is 5.93. The summed E-state index contributed by atoms with van der Waals surface area (Å²) in [6, 6.07) is 0.0214. The third-order valence-corrected chi connectivity index (χ3v) is 2.11. The van der Waals surface area contributed by atoms with E-state index in [9.17, 15) is 4.79 Å². The van der Waals surface area contributed by atoms with Gasteiger partial charge in [-0.3, -0.25) is 0 Å². The molecule has 1 heterocycles. The van der Waals surface area contributed by atoms with Gasteiger partial charge >= 0.3 is 6.03 Å². The molecule has 68 valence electrons. The molecule has 1 fully saturated rings. The number of hydrogen-bond donors (Lipinski definition) is 1. The predicted molar refractivity (Wildman–Crippen MR) is 52.3 cm³/mol. The Labute approximate surface area is 80.9 Å². The zero-order valence-electron chi connectivity index (χ0n) is 6.98.